The third kappa shape index (κ3) is 4.14. The molecule has 0 aliphatic carbocycles. The van der Waals surface area contributed by atoms with E-state index in [-0.39, 0.29) is 28.2 Å². The van der Waals surface area contributed by atoms with Gasteiger partial charge in [0.2, 0.25) is 12.0 Å². The summed E-state index contributed by atoms with van der Waals surface area (Å²) in [6.07, 6.45) is -7.54. The second-order valence-corrected chi connectivity index (χ2v) is 7.47. The number of hydrogen-bond acceptors (Lipinski definition) is 10. The maximum absolute atomic E-state index is 13.2. The molecule has 176 valence electrons. The molecule has 33 heavy (non-hydrogen) atoms. The molecular formula is C23H24O10. The lowest BCUT2D eigenvalue weighted by Crippen LogP contribution is -2.60. The zero-order valence-corrected chi connectivity index (χ0v) is 17.9. The van der Waals surface area contributed by atoms with E-state index in [1.165, 1.54) is 26.4 Å². The Hall–Kier alpha value is -3.15. The van der Waals surface area contributed by atoms with E-state index in [1.54, 1.807) is 24.3 Å². The third-order valence-electron chi connectivity index (χ3n) is 5.46. The van der Waals surface area contributed by atoms with Crippen molar-refractivity contribution in [3.05, 3.63) is 52.7 Å². The van der Waals surface area contributed by atoms with Crippen LogP contribution >= 0.6 is 0 Å². The van der Waals surface area contributed by atoms with Crippen LogP contribution in [0.4, 0.5) is 0 Å². The average molecular weight is 460 g/mol. The fourth-order valence-electron chi connectivity index (χ4n) is 3.73. The summed E-state index contributed by atoms with van der Waals surface area (Å²) in [6, 6.07) is 11.7. The molecule has 1 fully saturated rings. The van der Waals surface area contributed by atoms with E-state index in [9.17, 15) is 25.2 Å². The number of methoxy groups -OCH3 is 2. The highest BCUT2D eigenvalue weighted by atomic mass is 16.7. The Morgan fingerprint density at radius 1 is 0.939 bits per heavy atom. The van der Waals surface area contributed by atoms with Gasteiger partial charge in [0.25, 0.3) is 0 Å². The van der Waals surface area contributed by atoms with Crippen molar-refractivity contribution < 1.29 is 43.8 Å². The molecule has 0 unspecified atom stereocenters. The molecule has 1 aliphatic heterocycles. The maximum atomic E-state index is 13.2. The molecular weight excluding hydrogens is 436 g/mol. The third-order valence-corrected chi connectivity index (χ3v) is 5.46. The Labute approximate surface area is 188 Å². The number of benzene rings is 2. The summed E-state index contributed by atoms with van der Waals surface area (Å²) in [7, 11) is 2.78. The number of ether oxygens (including phenoxy) is 4. The largest absolute Gasteiger partial charge is 0.493 e. The Morgan fingerprint density at radius 3 is 2.30 bits per heavy atom. The van der Waals surface area contributed by atoms with Gasteiger partial charge in [-0.25, -0.2) is 0 Å². The van der Waals surface area contributed by atoms with Gasteiger partial charge in [-0.1, -0.05) is 30.3 Å². The van der Waals surface area contributed by atoms with Crippen LogP contribution in [0.1, 0.15) is 0 Å². The first kappa shape index (κ1) is 23.0. The molecule has 0 spiro atoms. The lowest BCUT2D eigenvalue weighted by atomic mass is 9.99. The van der Waals surface area contributed by atoms with Gasteiger partial charge >= 0.3 is 0 Å². The highest BCUT2D eigenvalue weighted by Gasteiger charge is 2.45. The summed E-state index contributed by atoms with van der Waals surface area (Å²) >= 11 is 0. The van der Waals surface area contributed by atoms with Gasteiger partial charge in [-0.3, -0.25) is 4.79 Å². The highest BCUT2D eigenvalue weighted by Crippen LogP contribution is 2.42. The summed E-state index contributed by atoms with van der Waals surface area (Å²) in [5, 5.41) is 39.8. The summed E-state index contributed by atoms with van der Waals surface area (Å²) in [5.74, 6) is 0.556. The second kappa shape index (κ2) is 9.38. The molecule has 0 saturated carbocycles. The van der Waals surface area contributed by atoms with Gasteiger partial charge in [-0.15, -0.1) is 0 Å². The van der Waals surface area contributed by atoms with Gasteiger partial charge in [-0.2, -0.15) is 0 Å². The van der Waals surface area contributed by atoms with Gasteiger partial charge in [-0.05, 0) is 0 Å². The minimum atomic E-state index is -1.67. The number of aliphatic hydroxyl groups excluding tert-OH is 4. The van der Waals surface area contributed by atoms with Crippen LogP contribution in [0.15, 0.2) is 51.7 Å². The summed E-state index contributed by atoms with van der Waals surface area (Å²) < 4.78 is 28.0. The molecule has 1 saturated heterocycles. The van der Waals surface area contributed by atoms with E-state index in [0.29, 0.717) is 11.3 Å². The molecule has 0 radical (unpaired) electrons. The fourth-order valence-corrected chi connectivity index (χ4v) is 3.73. The number of hydrogen-bond donors (Lipinski definition) is 4. The highest BCUT2D eigenvalue weighted by molar-refractivity contribution is 5.92. The van der Waals surface area contributed by atoms with Crippen LogP contribution in [-0.4, -0.2) is 72.0 Å². The van der Waals surface area contributed by atoms with E-state index in [2.05, 4.69) is 0 Å². The molecule has 1 aromatic heterocycles. The molecule has 0 bridgehead atoms. The zero-order chi connectivity index (χ0) is 23.7. The fraction of sp³-hybridized carbons (Fsp3) is 0.348. The van der Waals surface area contributed by atoms with E-state index < -0.39 is 42.7 Å². The molecule has 5 atom stereocenters. The van der Waals surface area contributed by atoms with Crippen molar-refractivity contribution in [2.24, 2.45) is 0 Å². The number of fused-ring (bicyclic) bond motifs is 1. The molecule has 2 aromatic carbocycles. The standard InChI is InChI=1S/C23H24O10/c1-29-15-9-14(32-23-20(28)19(27)18(26)16(10-24)33-23)17-12(25)8-13(11-6-4-3-5-7-11)31-22(17)21(15)30-2/h3-9,16,18-20,23-24,26-28H,10H2,1-2H3/t16-,18-,19+,20-,23-/m0/s1. The zero-order valence-electron chi connectivity index (χ0n) is 17.9. The monoisotopic (exact) mass is 460 g/mol. The SMILES string of the molecule is COc1cc(O[C@H]2O[C@@H](CO)[C@H](O)[C@@H](O)[C@@H]2O)c2c(=O)cc(-c3ccccc3)oc2c1OC. The van der Waals surface area contributed by atoms with Gasteiger partial charge < -0.3 is 43.8 Å². The van der Waals surface area contributed by atoms with Crippen molar-refractivity contribution in [2.75, 3.05) is 20.8 Å². The molecule has 10 nitrogen and oxygen atoms in total. The molecule has 0 amide bonds. The maximum Gasteiger partial charge on any atom is 0.229 e. The van der Waals surface area contributed by atoms with Crippen LogP contribution in [0.2, 0.25) is 0 Å². The van der Waals surface area contributed by atoms with Crippen molar-refractivity contribution in [1.29, 1.82) is 0 Å². The van der Waals surface area contributed by atoms with Crippen molar-refractivity contribution in [2.45, 2.75) is 30.7 Å². The first-order valence-electron chi connectivity index (χ1n) is 10.1. The first-order chi connectivity index (χ1) is 15.9. The van der Waals surface area contributed by atoms with E-state index >= 15 is 0 Å². The second-order valence-electron chi connectivity index (χ2n) is 7.47. The van der Waals surface area contributed by atoms with E-state index in [4.69, 9.17) is 23.4 Å². The topological polar surface area (TPSA) is 148 Å². The Bertz CT molecular complexity index is 1170. The summed E-state index contributed by atoms with van der Waals surface area (Å²) in [5.41, 5.74) is 0.246. The van der Waals surface area contributed by atoms with Crippen molar-refractivity contribution >= 4 is 11.0 Å². The quantitative estimate of drug-likeness (QED) is 0.413. The van der Waals surface area contributed by atoms with Crippen molar-refractivity contribution in [1.82, 2.24) is 0 Å². The van der Waals surface area contributed by atoms with Crippen LogP contribution in [-0.2, 0) is 4.74 Å². The van der Waals surface area contributed by atoms with Crippen molar-refractivity contribution in [3.63, 3.8) is 0 Å². The minimum Gasteiger partial charge on any atom is -0.493 e. The minimum absolute atomic E-state index is 0.00992. The summed E-state index contributed by atoms with van der Waals surface area (Å²) in [4.78, 5) is 13.2. The summed E-state index contributed by atoms with van der Waals surface area (Å²) in [6.45, 7) is -0.625. The smallest absolute Gasteiger partial charge is 0.229 e. The molecule has 10 heteroatoms. The van der Waals surface area contributed by atoms with E-state index in [0.717, 1.165) is 0 Å². The molecule has 2 heterocycles. The predicted molar refractivity (Wildman–Crippen MR) is 115 cm³/mol. The molecule has 3 aromatic rings. The molecule has 4 rings (SSSR count). The van der Waals surface area contributed by atoms with Gasteiger partial charge in [0.1, 0.15) is 41.3 Å². The van der Waals surface area contributed by atoms with Crippen molar-refractivity contribution in [3.8, 4) is 28.6 Å². The molecule has 4 N–H and O–H groups in total. The lowest BCUT2D eigenvalue weighted by molar-refractivity contribution is -0.277. The van der Waals surface area contributed by atoms with Gasteiger partial charge in [0, 0.05) is 17.7 Å². The van der Waals surface area contributed by atoms with Gasteiger partial charge in [0.05, 0.1) is 20.8 Å². The first-order valence-corrected chi connectivity index (χ1v) is 10.1. The van der Waals surface area contributed by atoms with Crippen LogP contribution in [0.25, 0.3) is 22.3 Å². The average Bonchev–Trinajstić information content (AvgIpc) is 2.84. The normalized spacial score (nSPS) is 25.1. The van der Waals surface area contributed by atoms with Crippen LogP contribution in [0.5, 0.6) is 17.2 Å². The Balaban J connectivity index is 1.86. The van der Waals surface area contributed by atoms with Crippen LogP contribution in [0, 0.1) is 0 Å². The van der Waals surface area contributed by atoms with Gasteiger partial charge in [0.15, 0.2) is 16.8 Å². The van der Waals surface area contributed by atoms with Crippen LogP contribution < -0.4 is 19.6 Å². The predicted octanol–water partition coefficient (Wildman–Crippen LogP) is 0.656. The Morgan fingerprint density at radius 2 is 1.67 bits per heavy atom. The Kier molecular flexibility index (Phi) is 6.54. The lowest BCUT2D eigenvalue weighted by Gasteiger charge is -2.39. The molecule has 1 aliphatic rings. The van der Waals surface area contributed by atoms with Crippen LogP contribution in [0.3, 0.4) is 0 Å². The number of rotatable bonds is 6. The van der Waals surface area contributed by atoms with E-state index in [1.807, 2.05) is 6.07 Å². The number of aliphatic hydroxyl groups is 4.